The molecule has 0 unspecified atom stereocenters. The Bertz CT molecular complexity index is 593. The Morgan fingerprint density at radius 1 is 1.42 bits per heavy atom. The van der Waals surface area contributed by atoms with Crippen molar-refractivity contribution in [3.63, 3.8) is 0 Å². The molecule has 2 heterocycles. The van der Waals surface area contributed by atoms with Crippen molar-refractivity contribution in [2.45, 2.75) is 27.2 Å². The van der Waals surface area contributed by atoms with Gasteiger partial charge in [-0.05, 0) is 24.1 Å². The van der Waals surface area contributed by atoms with Crippen molar-refractivity contribution in [1.82, 2.24) is 14.9 Å². The van der Waals surface area contributed by atoms with E-state index < -0.39 is 0 Å². The van der Waals surface area contributed by atoms with Gasteiger partial charge in [0.25, 0.3) is 0 Å². The highest BCUT2D eigenvalue weighted by atomic mass is 16.2. The Morgan fingerprint density at radius 3 is 2.84 bits per heavy atom. The molecule has 0 saturated heterocycles. The van der Waals surface area contributed by atoms with Gasteiger partial charge in [-0.2, -0.15) is 0 Å². The highest BCUT2D eigenvalue weighted by Crippen LogP contribution is 2.18. The summed E-state index contributed by atoms with van der Waals surface area (Å²) in [6, 6.07) is 4.02. The van der Waals surface area contributed by atoms with Gasteiger partial charge < -0.3 is 9.88 Å². The van der Waals surface area contributed by atoms with E-state index in [-0.39, 0.29) is 11.3 Å². The van der Waals surface area contributed by atoms with Gasteiger partial charge in [-0.25, -0.2) is 4.98 Å². The van der Waals surface area contributed by atoms with E-state index in [1.54, 1.807) is 6.20 Å². The zero-order chi connectivity index (χ0) is 14.0. The van der Waals surface area contributed by atoms with Crippen LogP contribution in [0.1, 0.15) is 26.3 Å². The van der Waals surface area contributed by atoms with Crippen molar-refractivity contribution >= 4 is 16.9 Å². The summed E-state index contributed by atoms with van der Waals surface area (Å²) < 4.78 is 2.02. The minimum absolute atomic E-state index is 0.0888. The summed E-state index contributed by atoms with van der Waals surface area (Å²) >= 11 is 0. The lowest BCUT2D eigenvalue weighted by Gasteiger charge is -2.17. The molecule has 0 fully saturated rings. The summed E-state index contributed by atoms with van der Waals surface area (Å²) in [6.07, 6.45) is 4.71. The van der Waals surface area contributed by atoms with Gasteiger partial charge in [-0.1, -0.05) is 20.8 Å². The molecule has 19 heavy (non-hydrogen) atoms. The summed E-state index contributed by atoms with van der Waals surface area (Å²) in [5, 5.41) is 4.14. The molecule has 0 bridgehead atoms. The second kappa shape index (κ2) is 5.03. The van der Waals surface area contributed by atoms with E-state index >= 15 is 0 Å². The average Bonchev–Trinajstić information content (AvgIpc) is 2.66. The predicted molar refractivity (Wildman–Crippen MR) is 76.9 cm³/mol. The van der Waals surface area contributed by atoms with Crippen LogP contribution in [0.2, 0.25) is 0 Å². The highest BCUT2D eigenvalue weighted by molar-refractivity contribution is 5.82. The second-order valence-electron chi connectivity index (χ2n) is 5.90. The summed E-state index contributed by atoms with van der Waals surface area (Å²) in [4.78, 5) is 16.2. The van der Waals surface area contributed by atoms with Gasteiger partial charge in [0.05, 0.1) is 0 Å². The first-order valence-corrected chi connectivity index (χ1v) is 6.57. The molecule has 4 heteroatoms. The highest BCUT2D eigenvalue weighted by Gasteiger charge is 2.20. The normalized spacial score (nSPS) is 11.8. The molecule has 2 aromatic heterocycles. The first kappa shape index (κ1) is 13.6. The predicted octanol–water partition coefficient (Wildman–Crippen LogP) is 2.28. The number of aromatic nitrogens is 2. The number of rotatable bonds is 3. The molecule has 0 aliphatic heterocycles. The Morgan fingerprint density at radius 2 is 2.16 bits per heavy atom. The van der Waals surface area contributed by atoms with Crippen LogP contribution in [0.15, 0.2) is 24.5 Å². The third-order valence-electron chi connectivity index (χ3n) is 3.18. The van der Waals surface area contributed by atoms with E-state index in [1.165, 1.54) is 5.56 Å². The Kier molecular flexibility index (Phi) is 3.60. The maximum absolute atomic E-state index is 11.8. The van der Waals surface area contributed by atoms with E-state index in [2.05, 4.69) is 22.6 Å². The third-order valence-corrected chi connectivity index (χ3v) is 3.18. The van der Waals surface area contributed by atoms with Crippen molar-refractivity contribution in [3.05, 3.63) is 30.1 Å². The van der Waals surface area contributed by atoms with Gasteiger partial charge in [-0.3, -0.25) is 4.79 Å². The smallest absolute Gasteiger partial charge is 0.225 e. The molecule has 0 aromatic carbocycles. The summed E-state index contributed by atoms with van der Waals surface area (Å²) in [5.74, 6) is 0.0888. The fourth-order valence-electron chi connectivity index (χ4n) is 2.07. The van der Waals surface area contributed by atoms with Crippen LogP contribution in [0.25, 0.3) is 11.0 Å². The molecular weight excluding hydrogens is 238 g/mol. The SMILES string of the molecule is Cn1cc(CCNC(=O)C(C)(C)C)c2cccnc21. The molecule has 4 nitrogen and oxygen atoms in total. The number of pyridine rings is 1. The lowest BCUT2D eigenvalue weighted by Crippen LogP contribution is -2.35. The molecule has 0 spiro atoms. The first-order chi connectivity index (χ1) is 8.89. The fraction of sp³-hybridized carbons (Fsp3) is 0.467. The van der Waals surface area contributed by atoms with Crippen LogP contribution in [0.4, 0.5) is 0 Å². The van der Waals surface area contributed by atoms with Crippen molar-refractivity contribution in [3.8, 4) is 0 Å². The van der Waals surface area contributed by atoms with Crippen molar-refractivity contribution in [2.24, 2.45) is 12.5 Å². The minimum atomic E-state index is -0.333. The van der Waals surface area contributed by atoms with E-state index in [4.69, 9.17) is 0 Å². The fourth-order valence-corrected chi connectivity index (χ4v) is 2.07. The number of nitrogens with one attached hydrogen (secondary N) is 1. The number of hydrogen-bond acceptors (Lipinski definition) is 2. The lowest BCUT2D eigenvalue weighted by molar-refractivity contribution is -0.128. The van der Waals surface area contributed by atoms with Crippen molar-refractivity contribution in [1.29, 1.82) is 0 Å². The maximum atomic E-state index is 11.8. The minimum Gasteiger partial charge on any atom is -0.355 e. The number of fused-ring (bicyclic) bond motifs is 1. The number of amides is 1. The Balaban J connectivity index is 2.05. The maximum Gasteiger partial charge on any atom is 0.225 e. The number of carbonyl (C=O) groups excluding carboxylic acids is 1. The molecule has 1 N–H and O–H groups in total. The first-order valence-electron chi connectivity index (χ1n) is 6.57. The van der Waals surface area contributed by atoms with Gasteiger partial charge in [0.15, 0.2) is 0 Å². The number of aryl methyl sites for hydroxylation is 1. The summed E-state index contributed by atoms with van der Waals surface area (Å²) in [6.45, 7) is 6.42. The molecule has 102 valence electrons. The topological polar surface area (TPSA) is 46.9 Å². The summed E-state index contributed by atoms with van der Waals surface area (Å²) in [5.41, 5.74) is 1.87. The summed E-state index contributed by atoms with van der Waals surface area (Å²) in [7, 11) is 1.99. The average molecular weight is 259 g/mol. The molecule has 0 aliphatic rings. The van der Waals surface area contributed by atoms with Crippen LogP contribution in [-0.2, 0) is 18.3 Å². The molecule has 1 amide bonds. The van der Waals surface area contributed by atoms with Gasteiger partial charge in [0.1, 0.15) is 5.65 Å². The Labute approximate surface area is 113 Å². The van der Waals surface area contributed by atoms with Gasteiger partial charge in [-0.15, -0.1) is 0 Å². The van der Waals surface area contributed by atoms with Crippen LogP contribution in [0.3, 0.4) is 0 Å². The van der Waals surface area contributed by atoms with Crippen LogP contribution >= 0.6 is 0 Å². The van der Waals surface area contributed by atoms with Gasteiger partial charge in [0.2, 0.25) is 5.91 Å². The van der Waals surface area contributed by atoms with E-state index in [0.29, 0.717) is 6.54 Å². The second-order valence-corrected chi connectivity index (χ2v) is 5.90. The van der Waals surface area contributed by atoms with E-state index in [0.717, 1.165) is 17.5 Å². The quantitative estimate of drug-likeness (QED) is 0.919. The standard InChI is InChI=1S/C15H21N3O/c1-15(2,3)14(19)17-9-7-11-10-18(4)13-12(11)6-5-8-16-13/h5-6,8,10H,7,9H2,1-4H3,(H,17,19). The molecule has 2 aromatic rings. The molecule has 0 aliphatic carbocycles. The third kappa shape index (κ3) is 2.95. The molecule has 0 atom stereocenters. The van der Waals surface area contributed by atoms with E-state index in [1.807, 2.05) is 38.5 Å². The molecule has 0 saturated carbocycles. The van der Waals surface area contributed by atoms with Crippen LogP contribution in [0.5, 0.6) is 0 Å². The van der Waals surface area contributed by atoms with E-state index in [9.17, 15) is 4.79 Å². The monoisotopic (exact) mass is 259 g/mol. The molecular formula is C15H21N3O. The van der Waals surface area contributed by atoms with Crippen LogP contribution in [0, 0.1) is 5.41 Å². The molecule has 2 rings (SSSR count). The largest absolute Gasteiger partial charge is 0.355 e. The zero-order valence-corrected chi connectivity index (χ0v) is 12.0. The van der Waals surface area contributed by atoms with Gasteiger partial charge in [0, 0.05) is 36.8 Å². The van der Waals surface area contributed by atoms with Crippen molar-refractivity contribution in [2.75, 3.05) is 6.54 Å². The zero-order valence-electron chi connectivity index (χ0n) is 12.0. The number of carbonyl (C=O) groups is 1. The number of hydrogen-bond donors (Lipinski definition) is 1. The number of nitrogens with zero attached hydrogens (tertiary/aromatic N) is 2. The van der Waals surface area contributed by atoms with Crippen LogP contribution in [-0.4, -0.2) is 22.0 Å². The molecule has 0 radical (unpaired) electrons. The van der Waals surface area contributed by atoms with Crippen molar-refractivity contribution < 1.29 is 4.79 Å². The van der Waals surface area contributed by atoms with Gasteiger partial charge >= 0.3 is 0 Å². The lowest BCUT2D eigenvalue weighted by atomic mass is 9.95. The van der Waals surface area contributed by atoms with Crippen LogP contribution < -0.4 is 5.32 Å². The Hall–Kier alpha value is -1.84.